The highest BCUT2D eigenvalue weighted by Gasteiger charge is 2.29. The number of aliphatic imine (C=N–C) groups is 1. The van der Waals surface area contributed by atoms with Crippen molar-refractivity contribution in [2.24, 2.45) is 10.9 Å². The Kier molecular flexibility index (Phi) is 9.46. The third kappa shape index (κ3) is 6.47. The number of carbonyl (C=O) groups is 1. The zero-order valence-electron chi connectivity index (χ0n) is 17.2. The predicted molar refractivity (Wildman–Crippen MR) is 124 cm³/mol. The van der Waals surface area contributed by atoms with E-state index in [1.807, 2.05) is 32.6 Å². The number of likely N-dealkylation sites (tertiary alicyclic amines) is 1. The van der Waals surface area contributed by atoms with Gasteiger partial charge < -0.3 is 15.5 Å². The summed E-state index contributed by atoms with van der Waals surface area (Å²) in [5.41, 5.74) is 0.570. The molecule has 1 atom stereocenters. The molecular weight excluding hydrogens is 494 g/mol. The molecule has 1 amide bonds. The summed E-state index contributed by atoms with van der Waals surface area (Å²) in [5, 5.41) is 7.14. The maximum Gasteiger partial charge on any atom is 0.225 e. The minimum atomic E-state index is -0.341. The summed E-state index contributed by atoms with van der Waals surface area (Å²) in [5.74, 6) is 0.550. The molecular formula is C20H31ClFIN4O. The van der Waals surface area contributed by atoms with Gasteiger partial charge in [0.15, 0.2) is 5.96 Å². The first-order valence-corrected chi connectivity index (χ1v) is 9.73. The van der Waals surface area contributed by atoms with Crippen LogP contribution in [-0.2, 0) is 10.2 Å². The molecule has 1 aliphatic heterocycles. The van der Waals surface area contributed by atoms with Gasteiger partial charge in [0, 0.05) is 49.1 Å². The Morgan fingerprint density at radius 3 is 2.68 bits per heavy atom. The van der Waals surface area contributed by atoms with Gasteiger partial charge in [0.25, 0.3) is 0 Å². The maximum atomic E-state index is 13.3. The van der Waals surface area contributed by atoms with Crippen molar-refractivity contribution in [1.82, 2.24) is 15.5 Å². The lowest BCUT2D eigenvalue weighted by Gasteiger charge is -2.28. The average Bonchev–Trinajstić information content (AvgIpc) is 3.05. The Balaban J connectivity index is 0.00000392. The van der Waals surface area contributed by atoms with Crippen molar-refractivity contribution in [3.8, 4) is 0 Å². The quantitative estimate of drug-likeness (QED) is 0.350. The number of hydrogen-bond donors (Lipinski definition) is 2. The van der Waals surface area contributed by atoms with Crippen LogP contribution in [-0.4, -0.2) is 49.5 Å². The van der Waals surface area contributed by atoms with Crippen LogP contribution in [0, 0.1) is 11.7 Å². The number of hydrogen-bond acceptors (Lipinski definition) is 2. The molecule has 5 nitrogen and oxygen atoms in total. The van der Waals surface area contributed by atoms with Crippen molar-refractivity contribution in [1.29, 1.82) is 0 Å². The lowest BCUT2D eigenvalue weighted by atomic mass is 9.84. The van der Waals surface area contributed by atoms with Crippen molar-refractivity contribution in [3.63, 3.8) is 0 Å². The number of amides is 1. The second kappa shape index (κ2) is 10.6. The first kappa shape index (κ1) is 24.9. The van der Waals surface area contributed by atoms with Gasteiger partial charge >= 0.3 is 0 Å². The van der Waals surface area contributed by atoms with E-state index in [9.17, 15) is 9.18 Å². The number of carbonyl (C=O) groups excluding carboxylic acids is 1. The van der Waals surface area contributed by atoms with Crippen molar-refractivity contribution in [2.75, 3.05) is 26.7 Å². The molecule has 28 heavy (non-hydrogen) atoms. The normalized spacial score (nSPS) is 17.5. The van der Waals surface area contributed by atoms with Crippen LogP contribution in [0.1, 0.15) is 39.7 Å². The SMILES string of the molecule is CN=C(NCC(C)(C)c1ccc(F)cc1Cl)NC1CCN(C(=O)C(C)C)C1.I. The van der Waals surface area contributed by atoms with E-state index < -0.39 is 0 Å². The Morgan fingerprint density at radius 1 is 1.43 bits per heavy atom. The van der Waals surface area contributed by atoms with Crippen LogP contribution in [0.4, 0.5) is 4.39 Å². The topological polar surface area (TPSA) is 56.7 Å². The molecule has 1 saturated heterocycles. The van der Waals surface area contributed by atoms with E-state index in [0.29, 0.717) is 24.1 Å². The van der Waals surface area contributed by atoms with Gasteiger partial charge in [0.1, 0.15) is 5.82 Å². The van der Waals surface area contributed by atoms with Crippen LogP contribution in [0.2, 0.25) is 5.02 Å². The minimum Gasteiger partial charge on any atom is -0.356 e. The summed E-state index contributed by atoms with van der Waals surface area (Å²) >= 11 is 6.22. The predicted octanol–water partition coefficient (Wildman–Crippen LogP) is 3.80. The van der Waals surface area contributed by atoms with E-state index in [0.717, 1.165) is 18.5 Å². The molecule has 2 rings (SSSR count). The smallest absolute Gasteiger partial charge is 0.225 e. The summed E-state index contributed by atoms with van der Waals surface area (Å²) in [7, 11) is 1.72. The lowest BCUT2D eigenvalue weighted by Crippen LogP contribution is -2.48. The molecule has 0 aromatic heterocycles. The highest BCUT2D eigenvalue weighted by molar-refractivity contribution is 14.0. The molecule has 0 saturated carbocycles. The van der Waals surface area contributed by atoms with Crippen molar-refractivity contribution >= 4 is 47.4 Å². The molecule has 1 heterocycles. The van der Waals surface area contributed by atoms with Gasteiger partial charge in [-0.25, -0.2) is 4.39 Å². The molecule has 0 radical (unpaired) electrons. The zero-order valence-corrected chi connectivity index (χ0v) is 20.3. The number of nitrogens with one attached hydrogen (secondary N) is 2. The summed E-state index contributed by atoms with van der Waals surface area (Å²) in [6.45, 7) is 9.97. The third-order valence-electron chi connectivity index (χ3n) is 4.92. The standard InChI is InChI=1S/C20H30ClFN4O.HI/c1-13(2)18(27)26-9-8-15(11-26)25-19(23-5)24-12-20(3,4)16-7-6-14(22)10-17(16)21;/h6-7,10,13,15H,8-9,11-12H2,1-5H3,(H2,23,24,25);1H. The van der Waals surface area contributed by atoms with E-state index >= 15 is 0 Å². The van der Waals surface area contributed by atoms with Crippen LogP contribution < -0.4 is 10.6 Å². The summed E-state index contributed by atoms with van der Waals surface area (Å²) in [4.78, 5) is 18.3. The monoisotopic (exact) mass is 524 g/mol. The Labute approximate surface area is 189 Å². The molecule has 1 aromatic rings. The minimum absolute atomic E-state index is 0. The molecule has 158 valence electrons. The van der Waals surface area contributed by atoms with Gasteiger partial charge in [0.2, 0.25) is 5.91 Å². The second-order valence-electron chi connectivity index (χ2n) is 8.00. The van der Waals surface area contributed by atoms with Crippen molar-refractivity contribution in [3.05, 3.63) is 34.6 Å². The highest BCUT2D eigenvalue weighted by Crippen LogP contribution is 2.29. The molecule has 0 aliphatic carbocycles. The van der Waals surface area contributed by atoms with Crippen molar-refractivity contribution in [2.45, 2.75) is 45.6 Å². The first-order valence-electron chi connectivity index (χ1n) is 9.35. The summed E-state index contributed by atoms with van der Waals surface area (Å²) < 4.78 is 13.3. The number of guanidine groups is 1. The summed E-state index contributed by atoms with van der Waals surface area (Å²) in [6.07, 6.45) is 0.895. The molecule has 0 spiro atoms. The first-order chi connectivity index (χ1) is 12.6. The zero-order chi connectivity index (χ0) is 20.2. The van der Waals surface area contributed by atoms with Crippen LogP contribution in [0.5, 0.6) is 0 Å². The molecule has 1 unspecified atom stereocenters. The maximum absolute atomic E-state index is 13.3. The highest BCUT2D eigenvalue weighted by atomic mass is 127. The van der Waals surface area contributed by atoms with Gasteiger partial charge in [-0.1, -0.05) is 45.4 Å². The Bertz CT molecular complexity index is 711. The Morgan fingerprint density at radius 2 is 2.11 bits per heavy atom. The lowest BCUT2D eigenvalue weighted by molar-refractivity contribution is -0.133. The van der Waals surface area contributed by atoms with E-state index in [4.69, 9.17) is 11.6 Å². The third-order valence-corrected chi connectivity index (χ3v) is 5.23. The van der Waals surface area contributed by atoms with Gasteiger partial charge in [-0.05, 0) is 24.1 Å². The van der Waals surface area contributed by atoms with E-state index in [1.54, 1.807) is 13.1 Å². The molecule has 1 aromatic carbocycles. The molecule has 1 fully saturated rings. The average molecular weight is 525 g/mol. The molecule has 8 heteroatoms. The van der Waals surface area contributed by atoms with Gasteiger partial charge in [-0.3, -0.25) is 9.79 Å². The molecule has 0 bridgehead atoms. The van der Waals surface area contributed by atoms with Gasteiger partial charge in [0.05, 0.1) is 0 Å². The number of halogens is 3. The van der Waals surface area contributed by atoms with Gasteiger partial charge in [-0.15, -0.1) is 24.0 Å². The van der Waals surface area contributed by atoms with Gasteiger partial charge in [-0.2, -0.15) is 0 Å². The van der Waals surface area contributed by atoms with E-state index in [2.05, 4.69) is 15.6 Å². The van der Waals surface area contributed by atoms with E-state index in [1.165, 1.54) is 12.1 Å². The number of nitrogens with zero attached hydrogens (tertiary/aromatic N) is 2. The fourth-order valence-electron chi connectivity index (χ4n) is 3.27. The number of rotatable bonds is 5. The molecule has 2 N–H and O–H groups in total. The number of benzene rings is 1. The largest absolute Gasteiger partial charge is 0.356 e. The van der Waals surface area contributed by atoms with Crippen LogP contribution in [0.25, 0.3) is 0 Å². The van der Waals surface area contributed by atoms with Crippen LogP contribution >= 0.6 is 35.6 Å². The van der Waals surface area contributed by atoms with Crippen LogP contribution in [0.3, 0.4) is 0 Å². The fourth-order valence-corrected chi connectivity index (χ4v) is 3.69. The fraction of sp³-hybridized carbons (Fsp3) is 0.600. The molecule has 1 aliphatic rings. The Hall–Kier alpha value is -1.09. The van der Waals surface area contributed by atoms with E-state index in [-0.39, 0.29) is 53.1 Å². The summed E-state index contributed by atoms with van der Waals surface area (Å²) in [6, 6.07) is 4.66. The second-order valence-corrected chi connectivity index (χ2v) is 8.41. The van der Waals surface area contributed by atoms with Crippen molar-refractivity contribution < 1.29 is 9.18 Å². The van der Waals surface area contributed by atoms with Crippen LogP contribution in [0.15, 0.2) is 23.2 Å².